The molecule has 0 spiro atoms. The van der Waals surface area contributed by atoms with Gasteiger partial charge in [0, 0.05) is 0 Å². The van der Waals surface area contributed by atoms with Crippen molar-refractivity contribution in [1.82, 2.24) is 25.5 Å². The Hall–Kier alpha value is -3.46. The number of benzene rings is 2. The molecule has 9 heteroatoms. The second-order valence-corrected chi connectivity index (χ2v) is 6.47. The van der Waals surface area contributed by atoms with Gasteiger partial charge in [0.25, 0.3) is 0 Å². The van der Waals surface area contributed by atoms with Crippen LogP contribution in [0.4, 0.5) is 0 Å². The highest BCUT2D eigenvalue weighted by atomic mass is 16.7. The molecule has 0 bridgehead atoms. The number of aryl methyl sites for hydroxylation is 1. The number of tetrazole rings is 1. The number of nitrogens with zero attached hydrogens (tertiary/aromatic N) is 4. The van der Waals surface area contributed by atoms with Gasteiger partial charge in [-0.05, 0) is 53.6 Å². The van der Waals surface area contributed by atoms with Crippen molar-refractivity contribution in [3.05, 3.63) is 59.4 Å². The molecule has 0 amide bonds. The number of hydrogen-bond acceptors (Lipinski definition) is 8. The average Bonchev–Trinajstić information content (AvgIpc) is 3.38. The number of nitrogens with one attached hydrogen (secondary N) is 1. The summed E-state index contributed by atoms with van der Waals surface area (Å²) in [5.41, 5.74) is 2.72. The van der Waals surface area contributed by atoms with Gasteiger partial charge >= 0.3 is 5.97 Å². The van der Waals surface area contributed by atoms with Gasteiger partial charge in [0.15, 0.2) is 17.3 Å². The minimum atomic E-state index is -0.469. The SMILES string of the molecule is CCOC(=O)CNC(c1ccc2c(c1)OCO2)c1nnnn1-c1ccccc1C. The molecule has 2 aromatic carbocycles. The number of carbonyl (C=O) groups is 1. The molecule has 1 N–H and O–H groups in total. The molecule has 2 heterocycles. The highest BCUT2D eigenvalue weighted by molar-refractivity contribution is 5.71. The molecule has 1 aliphatic rings. The number of fused-ring (bicyclic) bond motifs is 1. The summed E-state index contributed by atoms with van der Waals surface area (Å²) in [6.07, 6.45) is 0. The Morgan fingerprint density at radius 2 is 2.07 bits per heavy atom. The zero-order valence-corrected chi connectivity index (χ0v) is 16.2. The number of aromatic nitrogens is 4. The summed E-state index contributed by atoms with van der Waals surface area (Å²) in [6, 6.07) is 12.9. The Bertz CT molecular complexity index is 1020. The third kappa shape index (κ3) is 3.90. The van der Waals surface area contributed by atoms with E-state index in [-0.39, 0.29) is 19.3 Å². The Labute approximate surface area is 167 Å². The van der Waals surface area contributed by atoms with Crippen LogP contribution in [0.25, 0.3) is 5.69 Å². The largest absolute Gasteiger partial charge is 0.465 e. The van der Waals surface area contributed by atoms with Gasteiger partial charge in [-0.3, -0.25) is 10.1 Å². The van der Waals surface area contributed by atoms with Gasteiger partial charge in [-0.1, -0.05) is 24.3 Å². The van der Waals surface area contributed by atoms with E-state index < -0.39 is 6.04 Å². The van der Waals surface area contributed by atoms with Crippen LogP contribution in [0.2, 0.25) is 0 Å². The first kappa shape index (κ1) is 18.9. The van der Waals surface area contributed by atoms with E-state index in [0.29, 0.717) is 23.9 Å². The van der Waals surface area contributed by atoms with Crippen LogP contribution in [0.5, 0.6) is 11.5 Å². The maximum absolute atomic E-state index is 12.0. The van der Waals surface area contributed by atoms with E-state index in [4.69, 9.17) is 14.2 Å². The third-order valence-corrected chi connectivity index (χ3v) is 4.58. The molecule has 1 atom stereocenters. The molecule has 1 unspecified atom stereocenters. The van der Waals surface area contributed by atoms with Crippen molar-refractivity contribution in [3.63, 3.8) is 0 Å². The zero-order chi connectivity index (χ0) is 20.2. The summed E-state index contributed by atoms with van der Waals surface area (Å²) < 4.78 is 17.6. The first-order valence-corrected chi connectivity index (χ1v) is 9.30. The van der Waals surface area contributed by atoms with Gasteiger partial charge in [-0.2, -0.15) is 4.68 Å². The Balaban J connectivity index is 1.72. The van der Waals surface area contributed by atoms with Crippen LogP contribution < -0.4 is 14.8 Å². The molecular weight excluding hydrogens is 374 g/mol. The van der Waals surface area contributed by atoms with Gasteiger partial charge in [-0.15, -0.1) is 5.10 Å². The molecule has 1 aliphatic heterocycles. The Morgan fingerprint density at radius 3 is 2.90 bits per heavy atom. The second kappa shape index (κ2) is 8.27. The van der Waals surface area contributed by atoms with E-state index >= 15 is 0 Å². The number of ether oxygens (including phenoxy) is 3. The predicted molar refractivity (Wildman–Crippen MR) is 103 cm³/mol. The average molecular weight is 395 g/mol. The van der Waals surface area contributed by atoms with E-state index in [1.54, 1.807) is 11.6 Å². The van der Waals surface area contributed by atoms with E-state index in [9.17, 15) is 4.79 Å². The fourth-order valence-electron chi connectivity index (χ4n) is 3.19. The molecule has 0 aliphatic carbocycles. The fourth-order valence-corrected chi connectivity index (χ4v) is 3.19. The lowest BCUT2D eigenvalue weighted by Crippen LogP contribution is -2.31. The lowest BCUT2D eigenvalue weighted by molar-refractivity contribution is -0.142. The van der Waals surface area contributed by atoms with E-state index in [1.807, 2.05) is 49.4 Å². The van der Waals surface area contributed by atoms with Crippen molar-refractivity contribution in [2.45, 2.75) is 19.9 Å². The van der Waals surface area contributed by atoms with Gasteiger partial charge in [-0.25, -0.2) is 0 Å². The molecule has 3 aromatic rings. The van der Waals surface area contributed by atoms with Gasteiger partial charge in [0.05, 0.1) is 24.9 Å². The number of hydrogen-bond donors (Lipinski definition) is 1. The van der Waals surface area contributed by atoms with E-state index in [0.717, 1.165) is 16.8 Å². The van der Waals surface area contributed by atoms with E-state index in [1.165, 1.54) is 0 Å². The number of para-hydroxylation sites is 1. The van der Waals surface area contributed by atoms with Crippen molar-refractivity contribution >= 4 is 5.97 Å². The topological polar surface area (TPSA) is 100 Å². The van der Waals surface area contributed by atoms with Crippen molar-refractivity contribution in [2.24, 2.45) is 0 Å². The van der Waals surface area contributed by atoms with Crippen LogP contribution in [0.3, 0.4) is 0 Å². The second-order valence-electron chi connectivity index (χ2n) is 6.47. The minimum absolute atomic E-state index is 0.00752. The molecule has 1 aromatic heterocycles. The van der Waals surface area contributed by atoms with Crippen molar-refractivity contribution < 1.29 is 19.0 Å². The van der Waals surface area contributed by atoms with Gasteiger partial charge in [0.1, 0.15) is 0 Å². The molecule has 9 nitrogen and oxygen atoms in total. The van der Waals surface area contributed by atoms with Crippen LogP contribution in [0, 0.1) is 6.92 Å². The minimum Gasteiger partial charge on any atom is -0.465 e. The highest BCUT2D eigenvalue weighted by Crippen LogP contribution is 2.35. The molecule has 29 heavy (non-hydrogen) atoms. The zero-order valence-electron chi connectivity index (χ0n) is 16.2. The molecule has 0 radical (unpaired) electrons. The first-order valence-electron chi connectivity index (χ1n) is 9.30. The lowest BCUT2D eigenvalue weighted by atomic mass is 10.0. The Morgan fingerprint density at radius 1 is 1.24 bits per heavy atom. The summed E-state index contributed by atoms with van der Waals surface area (Å²) in [5, 5.41) is 15.5. The van der Waals surface area contributed by atoms with Crippen LogP contribution in [-0.2, 0) is 9.53 Å². The van der Waals surface area contributed by atoms with Crippen LogP contribution in [0.1, 0.15) is 29.9 Å². The summed E-state index contributed by atoms with van der Waals surface area (Å²) in [7, 11) is 0. The summed E-state index contributed by atoms with van der Waals surface area (Å²) in [6.45, 7) is 4.26. The third-order valence-electron chi connectivity index (χ3n) is 4.58. The maximum Gasteiger partial charge on any atom is 0.319 e. The molecule has 150 valence electrons. The maximum atomic E-state index is 12.0. The normalized spacial score (nSPS) is 13.3. The van der Waals surface area contributed by atoms with E-state index in [2.05, 4.69) is 20.8 Å². The molecule has 0 saturated carbocycles. The van der Waals surface area contributed by atoms with Crippen molar-refractivity contribution in [1.29, 1.82) is 0 Å². The molecule has 0 fully saturated rings. The summed E-state index contributed by atoms with van der Waals surface area (Å²) in [5.74, 6) is 1.51. The molecular formula is C20H21N5O4. The first-order chi connectivity index (χ1) is 14.2. The van der Waals surface area contributed by atoms with Crippen LogP contribution >= 0.6 is 0 Å². The molecule has 4 rings (SSSR count). The standard InChI is InChI=1S/C20H21N5O4/c1-3-27-18(26)11-21-19(14-8-9-16-17(10-14)29-12-28-16)20-22-23-24-25(20)15-7-5-4-6-13(15)2/h4-10,19,21H,3,11-12H2,1-2H3. The monoisotopic (exact) mass is 395 g/mol. The van der Waals surface area contributed by atoms with Crippen LogP contribution in [-0.4, -0.2) is 46.1 Å². The molecule has 0 saturated heterocycles. The fraction of sp³-hybridized carbons (Fsp3) is 0.300. The quantitative estimate of drug-likeness (QED) is 0.606. The van der Waals surface area contributed by atoms with Crippen LogP contribution in [0.15, 0.2) is 42.5 Å². The van der Waals surface area contributed by atoms with Gasteiger partial charge in [0.2, 0.25) is 6.79 Å². The summed E-state index contributed by atoms with van der Waals surface area (Å²) >= 11 is 0. The number of rotatable bonds is 7. The number of esters is 1. The smallest absolute Gasteiger partial charge is 0.319 e. The summed E-state index contributed by atoms with van der Waals surface area (Å²) in [4.78, 5) is 12.0. The Kier molecular flexibility index (Phi) is 5.39. The lowest BCUT2D eigenvalue weighted by Gasteiger charge is -2.19. The van der Waals surface area contributed by atoms with Crippen molar-refractivity contribution in [3.8, 4) is 17.2 Å². The number of carbonyl (C=O) groups excluding carboxylic acids is 1. The predicted octanol–water partition coefficient (Wildman–Crippen LogP) is 1.94. The van der Waals surface area contributed by atoms with Gasteiger partial charge < -0.3 is 14.2 Å². The van der Waals surface area contributed by atoms with Crippen molar-refractivity contribution in [2.75, 3.05) is 19.9 Å². The highest BCUT2D eigenvalue weighted by Gasteiger charge is 2.25.